The van der Waals surface area contributed by atoms with E-state index in [0.29, 0.717) is 6.42 Å². The van der Waals surface area contributed by atoms with Crippen molar-refractivity contribution in [3.05, 3.63) is 71.7 Å². The van der Waals surface area contributed by atoms with Gasteiger partial charge in [-0.25, -0.2) is 9.78 Å². The van der Waals surface area contributed by atoms with Gasteiger partial charge in [0.15, 0.2) is 0 Å². The van der Waals surface area contributed by atoms with Crippen LogP contribution in [0.5, 0.6) is 0 Å². The summed E-state index contributed by atoms with van der Waals surface area (Å²) >= 11 is 0. The summed E-state index contributed by atoms with van der Waals surface area (Å²) in [5.74, 6) is -1.31. The monoisotopic (exact) mass is 351 g/mol. The molecule has 26 heavy (non-hydrogen) atoms. The Morgan fingerprint density at radius 3 is 2.62 bits per heavy atom. The number of imidazole rings is 1. The molecule has 1 amide bonds. The maximum absolute atomic E-state index is 12.3. The lowest BCUT2D eigenvalue weighted by atomic mass is 10.1. The summed E-state index contributed by atoms with van der Waals surface area (Å²) in [6.45, 7) is 1.91. The number of benzene rings is 1. The number of carbonyl (C=O) groups is 2. The number of hydrogen-bond acceptors (Lipinski definition) is 3. The Bertz CT molecular complexity index is 918. The molecule has 1 unspecified atom stereocenters. The predicted molar refractivity (Wildman–Crippen MR) is 98.0 cm³/mol. The van der Waals surface area contributed by atoms with Crippen molar-refractivity contribution < 1.29 is 14.7 Å². The molecule has 0 saturated carbocycles. The average Bonchev–Trinajstić information content (AvgIpc) is 2.95. The summed E-state index contributed by atoms with van der Waals surface area (Å²) < 4.78 is 1.96. The van der Waals surface area contributed by atoms with Gasteiger partial charge in [0.2, 0.25) is 5.91 Å². The van der Waals surface area contributed by atoms with Crippen LogP contribution in [0.2, 0.25) is 0 Å². The molecule has 0 fully saturated rings. The number of carboxylic acids is 1. The van der Waals surface area contributed by atoms with Crippen molar-refractivity contribution in [2.24, 2.45) is 0 Å². The van der Waals surface area contributed by atoms with E-state index in [2.05, 4.69) is 10.3 Å². The highest BCUT2D eigenvalue weighted by Gasteiger charge is 2.20. The highest BCUT2D eigenvalue weighted by molar-refractivity contribution is 5.83. The molecule has 0 radical (unpaired) electrons. The van der Waals surface area contributed by atoms with Gasteiger partial charge in [0.25, 0.3) is 0 Å². The Morgan fingerprint density at radius 2 is 1.88 bits per heavy atom. The van der Waals surface area contributed by atoms with Crippen LogP contribution >= 0.6 is 0 Å². The van der Waals surface area contributed by atoms with Crippen molar-refractivity contribution in [3.8, 4) is 0 Å². The Balaban J connectivity index is 1.63. The van der Waals surface area contributed by atoms with E-state index in [9.17, 15) is 14.7 Å². The maximum Gasteiger partial charge on any atom is 0.326 e. The number of aliphatic carboxylic acids is 1. The summed E-state index contributed by atoms with van der Waals surface area (Å²) in [6, 6.07) is 14.1. The number of hydrogen-bond donors (Lipinski definition) is 2. The van der Waals surface area contributed by atoms with Crippen molar-refractivity contribution in [3.63, 3.8) is 0 Å². The standard InChI is InChI=1S/C20H21N3O3/c1-14-17(23-12-6-5-9-18(23)21-14)10-11-19(24)22-16(20(25)26)13-15-7-3-2-4-8-15/h2-9,12,16H,10-11,13H2,1H3,(H,22,24)(H,25,26). The van der Waals surface area contributed by atoms with E-state index in [1.165, 1.54) is 0 Å². The van der Waals surface area contributed by atoms with E-state index in [-0.39, 0.29) is 18.7 Å². The minimum atomic E-state index is -1.03. The van der Waals surface area contributed by atoms with Gasteiger partial charge in [-0.15, -0.1) is 0 Å². The number of nitrogens with one attached hydrogen (secondary N) is 1. The lowest BCUT2D eigenvalue weighted by molar-refractivity contribution is -0.141. The van der Waals surface area contributed by atoms with Crippen molar-refractivity contribution >= 4 is 17.5 Å². The van der Waals surface area contributed by atoms with Crippen LogP contribution < -0.4 is 5.32 Å². The maximum atomic E-state index is 12.3. The number of rotatable bonds is 7. The second-order valence-corrected chi connectivity index (χ2v) is 6.22. The number of aromatic nitrogens is 2. The molecule has 3 rings (SSSR count). The first-order chi connectivity index (χ1) is 12.5. The molecule has 0 spiro atoms. The number of pyridine rings is 1. The smallest absolute Gasteiger partial charge is 0.326 e. The van der Waals surface area contributed by atoms with Crippen LogP contribution in [0.1, 0.15) is 23.4 Å². The van der Waals surface area contributed by atoms with Crippen LogP contribution in [0.4, 0.5) is 0 Å². The van der Waals surface area contributed by atoms with Crippen LogP contribution in [0.3, 0.4) is 0 Å². The molecule has 2 heterocycles. The van der Waals surface area contributed by atoms with Crippen molar-refractivity contribution in [1.29, 1.82) is 0 Å². The quantitative estimate of drug-likeness (QED) is 0.685. The summed E-state index contributed by atoms with van der Waals surface area (Å²) in [7, 11) is 0. The van der Waals surface area contributed by atoms with Gasteiger partial charge in [0.05, 0.1) is 5.69 Å². The molecular formula is C20H21N3O3. The zero-order valence-corrected chi connectivity index (χ0v) is 14.6. The molecule has 2 N–H and O–H groups in total. The number of aryl methyl sites for hydroxylation is 2. The van der Waals surface area contributed by atoms with Crippen molar-refractivity contribution in [1.82, 2.24) is 14.7 Å². The summed E-state index contributed by atoms with van der Waals surface area (Å²) in [4.78, 5) is 28.2. The van der Waals surface area contributed by atoms with Crippen molar-refractivity contribution in [2.45, 2.75) is 32.2 Å². The van der Waals surface area contributed by atoms with Gasteiger partial charge < -0.3 is 14.8 Å². The van der Waals surface area contributed by atoms with E-state index in [1.807, 2.05) is 66.1 Å². The van der Waals surface area contributed by atoms with E-state index < -0.39 is 12.0 Å². The van der Waals surface area contributed by atoms with Crippen LogP contribution in [0.15, 0.2) is 54.7 Å². The lowest BCUT2D eigenvalue weighted by Crippen LogP contribution is -2.42. The second kappa shape index (κ2) is 7.82. The number of amides is 1. The molecule has 0 aliphatic carbocycles. The van der Waals surface area contributed by atoms with Crippen LogP contribution in [0.25, 0.3) is 5.65 Å². The number of carboxylic acid groups (broad SMARTS) is 1. The lowest BCUT2D eigenvalue weighted by Gasteiger charge is -2.14. The predicted octanol–water partition coefficient (Wildman–Crippen LogP) is 2.39. The molecule has 0 saturated heterocycles. The first-order valence-corrected chi connectivity index (χ1v) is 8.53. The molecule has 0 bridgehead atoms. The number of fused-ring (bicyclic) bond motifs is 1. The molecule has 0 aliphatic heterocycles. The van der Waals surface area contributed by atoms with Gasteiger partial charge >= 0.3 is 5.97 Å². The van der Waals surface area contributed by atoms with E-state index >= 15 is 0 Å². The molecular weight excluding hydrogens is 330 g/mol. The zero-order valence-electron chi connectivity index (χ0n) is 14.6. The fraction of sp³-hybridized carbons (Fsp3) is 0.250. The summed E-state index contributed by atoms with van der Waals surface area (Å²) in [5, 5.41) is 12.0. The number of nitrogens with zero attached hydrogens (tertiary/aromatic N) is 2. The van der Waals surface area contributed by atoms with Gasteiger partial charge in [-0.2, -0.15) is 0 Å². The zero-order chi connectivity index (χ0) is 18.5. The molecule has 1 atom stereocenters. The Labute approximate surface area is 151 Å². The molecule has 2 aromatic heterocycles. The van der Waals surface area contributed by atoms with Crippen LogP contribution in [-0.4, -0.2) is 32.4 Å². The fourth-order valence-corrected chi connectivity index (χ4v) is 3.01. The topological polar surface area (TPSA) is 83.7 Å². The van der Waals surface area contributed by atoms with Crippen LogP contribution in [-0.2, 0) is 22.4 Å². The molecule has 3 aromatic rings. The normalized spacial score (nSPS) is 12.0. The summed E-state index contributed by atoms with van der Waals surface area (Å²) in [6.07, 6.45) is 2.89. The molecule has 6 nitrogen and oxygen atoms in total. The van der Waals surface area contributed by atoms with E-state index in [1.54, 1.807) is 0 Å². The molecule has 1 aromatic carbocycles. The van der Waals surface area contributed by atoms with E-state index in [0.717, 1.165) is 22.6 Å². The average molecular weight is 351 g/mol. The van der Waals surface area contributed by atoms with E-state index in [4.69, 9.17) is 0 Å². The van der Waals surface area contributed by atoms with Crippen molar-refractivity contribution in [2.75, 3.05) is 0 Å². The summed E-state index contributed by atoms with van der Waals surface area (Å²) in [5.41, 5.74) is 3.56. The van der Waals surface area contributed by atoms with Gasteiger partial charge in [-0.3, -0.25) is 4.79 Å². The SMILES string of the molecule is Cc1nc2ccccn2c1CCC(=O)NC(Cc1ccccc1)C(=O)O. The number of carbonyl (C=O) groups excluding carboxylic acids is 1. The molecule has 6 heteroatoms. The van der Waals surface area contributed by atoms with Gasteiger partial charge in [-0.1, -0.05) is 36.4 Å². The van der Waals surface area contributed by atoms with Crippen LogP contribution in [0, 0.1) is 6.92 Å². The minimum Gasteiger partial charge on any atom is -0.480 e. The Hall–Kier alpha value is -3.15. The third kappa shape index (κ3) is 4.08. The van der Waals surface area contributed by atoms with Gasteiger partial charge in [0, 0.05) is 24.7 Å². The van der Waals surface area contributed by atoms with Gasteiger partial charge in [-0.05, 0) is 31.0 Å². The van der Waals surface area contributed by atoms with Gasteiger partial charge in [0.1, 0.15) is 11.7 Å². The fourth-order valence-electron chi connectivity index (χ4n) is 3.01. The first-order valence-electron chi connectivity index (χ1n) is 8.53. The first kappa shape index (κ1) is 17.7. The third-order valence-corrected chi connectivity index (χ3v) is 4.33. The minimum absolute atomic E-state index is 0.210. The highest BCUT2D eigenvalue weighted by atomic mass is 16.4. The third-order valence-electron chi connectivity index (χ3n) is 4.33. The second-order valence-electron chi connectivity index (χ2n) is 6.22. The largest absolute Gasteiger partial charge is 0.480 e. The molecule has 0 aliphatic rings. The Morgan fingerprint density at radius 1 is 1.15 bits per heavy atom. The molecule has 134 valence electrons. The Kier molecular flexibility index (Phi) is 5.31. The highest BCUT2D eigenvalue weighted by Crippen LogP contribution is 2.13.